The summed E-state index contributed by atoms with van der Waals surface area (Å²) in [7, 11) is 0. The number of nitrogens with zero attached hydrogens (tertiary/aromatic N) is 1. The molecule has 4 heteroatoms. The molecule has 1 heterocycles. The van der Waals surface area contributed by atoms with Crippen LogP contribution in [0.15, 0.2) is 0 Å². The summed E-state index contributed by atoms with van der Waals surface area (Å²) in [5.41, 5.74) is -0.515. The van der Waals surface area contributed by atoms with Crippen molar-refractivity contribution in [2.24, 2.45) is 0 Å². The Bertz CT molecular complexity index is 312. The molecule has 0 radical (unpaired) electrons. The van der Waals surface area contributed by atoms with Gasteiger partial charge in [0, 0.05) is 25.6 Å². The minimum Gasteiger partial charge on any atom is -0.390 e. The molecule has 1 saturated heterocycles. The first kappa shape index (κ1) is 15.8. The Labute approximate surface area is 122 Å². The van der Waals surface area contributed by atoms with E-state index in [4.69, 9.17) is 0 Å². The van der Waals surface area contributed by atoms with E-state index >= 15 is 0 Å². The van der Waals surface area contributed by atoms with Gasteiger partial charge in [-0.3, -0.25) is 4.79 Å². The van der Waals surface area contributed by atoms with Crippen molar-refractivity contribution in [1.29, 1.82) is 0 Å². The second-order valence-corrected chi connectivity index (χ2v) is 6.84. The van der Waals surface area contributed by atoms with Gasteiger partial charge in [0.2, 0.25) is 5.91 Å². The molecule has 1 atom stereocenters. The van der Waals surface area contributed by atoms with Crippen molar-refractivity contribution >= 4 is 5.91 Å². The molecule has 2 N–H and O–H groups in total. The number of aliphatic hydroxyl groups is 1. The van der Waals surface area contributed by atoms with Crippen molar-refractivity contribution in [2.75, 3.05) is 19.6 Å². The maximum Gasteiger partial charge on any atom is 0.221 e. The average Bonchev–Trinajstić information content (AvgIpc) is 2.59. The highest BCUT2D eigenvalue weighted by Crippen LogP contribution is 2.21. The maximum absolute atomic E-state index is 12.0. The first-order valence-electron chi connectivity index (χ1n) is 8.29. The minimum absolute atomic E-state index is 0.202. The van der Waals surface area contributed by atoms with Crippen LogP contribution in [0.4, 0.5) is 0 Å². The number of amides is 1. The summed E-state index contributed by atoms with van der Waals surface area (Å²) >= 11 is 0. The Kier molecular flexibility index (Phi) is 5.85. The zero-order valence-electron chi connectivity index (χ0n) is 12.9. The fourth-order valence-corrected chi connectivity index (χ4v) is 3.35. The van der Waals surface area contributed by atoms with Gasteiger partial charge in [0.15, 0.2) is 0 Å². The number of carbonyl (C=O) groups is 1. The monoisotopic (exact) mass is 282 g/mol. The van der Waals surface area contributed by atoms with E-state index in [2.05, 4.69) is 10.2 Å². The van der Waals surface area contributed by atoms with Crippen LogP contribution in [-0.4, -0.2) is 47.2 Å². The van der Waals surface area contributed by atoms with Crippen molar-refractivity contribution in [1.82, 2.24) is 10.2 Å². The van der Waals surface area contributed by atoms with E-state index in [-0.39, 0.29) is 5.91 Å². The lowest BCUT2D eigenvalue weighted by Gasteiger charge is -2.24. The molecule has 1 saturated carbocycles. The lowest BCUT2D eigenvalue weighted by atomic mass is 9.95. The molecule has 1 amide bonds. The summed E-state index contributed by atoms with van der Waals surface area (Å²) in [4.78, 5) is 14.3. The summed E-state index contributed by atoms with van der Waals surface area (Å²) in [6.45, 7) is 4.66. The largest absolute Gasteiger partial charge is 0.390 e. The van der Waals surface area contributed by atoms with E-state index in [0.29, 0.717) is 12.5 Å². The Morgan fingerprint density at radius 1 is 1.20 bits per heavy atom. The summed E-state index contributed by atoms with van der Waals surface area (Å²) in [6, 6.07) is 0.418. The van der Waals surface area contributed by atoms with E-state index in [9.17, 15) is 9.90 Å². The third-order valence-corrected chi connectivity index (χ3v) is 4.78. The van der Waals surface area contributed by atoms with Crippen LogP contribution in [0.2, 0.25) is 0 Å². The third kappa shape index (κ3) is 5.41. The zero-order valence-corrected chi connectivity index (χ0v) is 12.9. The van der Waals surface area contributed by atoms with Crippen LogP contribution in [-0.2, 0) is 4.79 Å². The maximum atomic E-state index is 12.0. The lowest BCUT2D eigenvalue weighted by molar-refractivity contribution is -0.122. The van der Waals surface area contributed by atoms with Crippen LogP contribution in [0.25, 0.3) is 0 Å². The number of nitrogens with one attached hydrogen (secondary N) is 1. The van der Waals surface area contributed by atoms with Crippen molar-refractivity contribution in [3.63, 3.8) is 0 Å². The fourth-order valence-electron chi connectivity index (χ4n) is 3.35. The molecule has 0 spiro atoms. The van der Waals surface area contributed by atoms with Crippen molar-refractivity contribution in [3.8, 4) is 0 Å². The zero-order chi connectivity index (χ0) is 14.4. The summed E-state index contributed by atoms with van der Waals surface area (Å²) in [5, 5.41) is 13.2. The van der Waals surface area contributed by atoms with E-state index in [1.807, 2.05) is 6.92 Å². The van der Waals surface area contributed by atoms with Crippen molar-refractivity contribution < 1.29 is 9.90 Å². The van der Waals surface area contributed by atoms with Gasteiger partial charge in [0.05, 0.1) is 5.60 Å². The van der Waals surface area contributed by atoms with E-state index in [1.165, 1.54) is 19.3 Å². The fraction of sp³-hybridized carbons (Fsp3) is 0.938. The van der Waals surface area contributed by atoms with Crippen LogP contribution in [0.5, 0.6) is 0 Å². The average molecular weight is 282 g/mol. The van der Waals surface area contributed by atoms with Gasteiger partial charge < -0.3 is 15.3 Å². The summed E-state index contributed by atoms with van der Waals surface area (Å²) in [5.74, 6) is 0.202. The van der Waals surface area contributed by atoms with Crippen LogP contribution < -0.4 is 5.32 Å². The normalized spacial score (nSPS) is 29.9. The molecule has 1 aliphatic carbocycles. The first-order chi connectivity index (χ1) is 9.55. The Hall–Kier alpha value is -0.610. The van der Waals surface area contributed by atoms with Gasteiger partial charge in [-0.25, -0.2) is 0 Å². The van der Waals surface area contributed by atoms with Gasteiger partial charge in [-0.2, -0.15) is 0 Å². The molecule has 116 valence electrons. The molecule has 20 heavy (non-hydrogen) atoms. The lowest BCUT2D eigenvalue weighted by Crippen LogP contribution is -2.38. The van der Waals surface area contributed by atoms with E-state index in [0.717, 1.165) is 51.7 Å². The van der Waals surface area contributed by atoms with Gasteiger partial charge in [-0.1, -0.05) is 19.3 Å². The molecule has 2 rings (SSSR count). The van der Waals surface area contributed by atoms with Gasteiger partial charge >= 0.3 is 0 Å². The molecule has 1 unspecified atom stereocenters. The molecule has 0 aromatic heterocycles. The molecule has 0 bridgehead atoms. The Balaban J connectivity index is 1.65. The summed E-state index contributed by atoms with van der Waals surface area (Å²) < 4.78 is 0. The van der Waals surface area contributed by atoms with E-state index < -0.39 is 5.60 Å². The highest BCUT2D eigenvalue weighted by atomic mass is 16.3. The van der Waals surface area contributed by atoms with Crippen LogP contribution in [0.3, 0.4) is 0 Å². The second-order valence-electron chi connectivity index (χ2n) is 6.84. The predicted molar refractivity (Wildman–Crippen MR) is 80.5 cm³/mol. The standard InChI is InChI=1S/C16H30N2O2/c1-16(20)9-5-11-18(13-10-16)12-8-15(19)17-14-6-3-2-4-7-14/h14,20H,2-13H2,1H3,(H,17,19). The van der Waals surface area contributed by atoms with Crippen LogP contribution in [0.1, 0.15) is 64.7 Å². The molecule has 1 aliphatic heterocycles. The van der Waals surface area contributed by atoms with Gasteiger partial charge in [0.25, 0.3) is 0 Å². The van der Waals surface area contributed by atoms with Gasteiger partial charge in [-0.05, 0) is 45.6 Å². The molecular formula is C16H30N2O2. The highest BCUT2D eigenvalue weighted by molar-refractivity contribution is 5.76. The second kappa shape index (κ2) is 7.41. The Morgan fingerprint density at radius 3 is 2.70 bits per heavy atom. The van der Waals surface area contributed by atoms with Crippen molar-refractivity contribution in [2.45, 2.75) is 76.4 Å². The predicted octanol–water partition coefficient (Wildman–Crippen LogP) is 2.06. The van der Waals surface area contributed by atoms with Gasteiger partial charge in [-0.15, -0.1) is 0 Å². The molecular weight excluding hydrogens is 252 g/mol. The number of rotatable bonds is 4. The van der Waals surface area contributed by atoms with Gasteiger partial charge in [0.1, 0.15) is 0 Å². The summed E-state index contributed by atoms with van der Waals surface area (Å²) in [6.07, 6.45) is 9.44. The number of carbonyl (C=O) groups excluding carboxylic acids is 1. The molecule has 4 nitrogen and oxygen atoms in total. The van der Waals surface area contributed by atoms with Crippen LogP contribution >= 0.6 is 0 Å². The molecule has 2 fully saturated rings. The van der Waals surface area contributed by atoms with Crippen LogP contribution in [0, 0.1) is 0 Å². The number of hydrogen-bond acceptors (Lipinski definition) is 3. The molecule has 0 aromatic rings. The smallest absolute Gasteiger partial charge is 0.221 e. The van der Waals surface area contributed by atoms with Crippen molar-refractivity contribution in [3.05, 3.63) is 0 Å². The van der Waals surface area contributed by atoms with E-state index in [1.54, 1.807) is 0 Å². The SMILES string of the molecule is CC1(O)CCCN(CCC(=O)NC2CCCCC2)CC1. The number of likely N-dealkylation sites (tertiary alicyclic amines) is 1. The third-order valence-electron chi connectivity index (χ3n) is 4.78. The topological polar surface area (TPSA) is 52.6 Å². The number of hydrogen-bond donors (Lipinski definition) is 2. The highest BCUT2D eigenvalue weighted by Gasteiger charge is 2.25. The molecule has 2 aliphatic rings. The quantitative estimate of drug-likeness (QED) is 0.830. The Morgan fingerprint density at radius 2 is 1.95 bits per heavy atom. The minimum atomic E-state index is -0.515. The molecule has 0 aromatic carbocycles. The first-order valence-corrected chi connectivity index (χ1v) is 8.29.